The van der Waals surface area contributed by atoms with Crippen LogP contribution in [0.25, 0.3) is 0 Å². The van der Waals surface area contributed by atoms with E-state index in [1.54, 1.807) is 0 Å². The smallest absolute Gasteiger partial charge is 0.340 e. The summed E-state index contributed by atoms with van der Waals surface area (Å²) in [5.41, 5.74) is 1.06. The highest BCUT2D eigenvalue weighted by Crippen LogP contribution is 2.45. The van der Waals surface area contributed by atoms with E-state index < -0.39 is 5.97 Å². The molecule has 1 aromatic carbocycles. The Balaban J connectivity index is 1.86. The lowest BCUT2D eigenvalue weighted by Crippen LogP contribution is -2.06. The molecular formula is C15H14O5. The zero-order valence-electron chi connectivity index (χ0n) is 11.2. The highest BCUT2D eigenvalue weighted by molar-refractivity contribution is 5.87. The van der Waals surface area contributed by atoms with Crippen molar-refractivity contribution in [1.29, 1.82) is 0 Å². The molecule has 1 saturated heterocycles. The number of carbonyl (C=O) groups is 1. The number of hydrogen-bond acceptors (Lipinski definition) is 5. The van der Waals surface area contributed by atoms with E-state index in [2.05, 4.69) is 0 Å². The van der Waals surface area contributed by atoms with Gasteiger partial charge >= 0.3 is 5.97 Å². The molecule has 0 radical (unpaired) electrons. The van der Waals surface area contributed by atoms with Crippen molar-refractivity contribution in [2.45, 2.75) is 12.2 Å². The van der Waals surface area contributed by atoms with Crippen molar-refractivity contribution in [3.63, 3.8) is 0 Å². The fraction of sp³-hybridized carbons (Fsp3) is 0.267. The molecule has 0 bridgehead atoms. The van der Waals surface area contributed by atoms with Crippen LogP contribution >= 0.6 is 0 Å². The van der Waals surface area contributed by atoms with Crippen molar-refractivity contribution in [3.05, 3.63) is 59.2 Å². The van der Waals surface area contributed by atoms with E-state index >= 15 is 0 Å². The van der Waals surface area contributed by atoms with Crippen LogP contribution in [0, 0.1) is 0 Å². The van der Waals surface area contributed by atoms with Crippen LogP contribution in [0.15, 0.2) is 53.7 Å². The SMILES string of the molecule is COC1=CC(=O)O/C1=C(\OC)C1OC1c1ccccc1. The number of methoxy groups -OCH3 is 2. The molecule has 0 spiro atoms. The minimum absolute atomic E-state index is 0.0870. The Bertz CT molecular complexity index is 588. The van der Waals surface area contributed by atoms with Crippen LogP contribution in [-0.2, 0) is 23.7 Å². The summed E-state index contributed by atoms with van der Waals surface area (Å²) in [7, 11) is 3.00. The van der Waals surface area contributed by atoms with E-state index in [4.69, 9.17) is 18.9 Å². The molecule has 0 amide bonds. The quantitative estimate of drug-likeness (QED) is 0.478. The maximum absolute atomic E-state index is 11.3. The predicted octanol–water partition coefficient (Wildman–Crippen LogP) is 2.07. The zero-order valence-corrected chi connectivity index (χ0v) is 11.2. The maximum atomic E-state index is 11.3. The van der Waals surface area contributed by atoms with Gasteiger partial charge in [-0.15, -0.1) is 0 Å². The first-order valence-electron chi connectivity index (χ1n) is 6.21. The maximum Gasteiger partial charge on any atom is 0.340 e. The first kappa shape index (κ1) is 12.7. The molecule has 5 heteroatoms. The van der Waals surface area contributed by atoms with Crippen LogP contribution in [0.5, 0.6) is 0 Å². The molecule has 1 fully saturated rings. The Hall–Kier alpha value is -2.27. The first-order chi connectivity index (χ1) is 9.74. The molecule has 1 aromatic rings. The molecule has 2 unspecified atom stereocenters. The van der Waals surface area contributed by atoms with Gasteiger partial charge in [-0.25, -0.2) is 4.79 Å². The van der Waals surface area contributed by atoms with Gasteiger partial charge in [0.1, 0.15) is 12.2 Å². The van der Waals surface area contributed by atoms with Gasteiger partial charge in [-0.1, -0.05) is 30.3 Å². The van der Waals surface area contributed by atoms with Crippen molar-refractivity contribution in [3.8, 4) is 0 Å². The standard InChI is InChI=1S/C15H14O5/c1-17-10-8-11(16)19-13(10)14(18-2)15-12(20-15)9-6-4-3-5-7-9/h3-8,12,15H,1-2H3/b14-13-. The van der Waals surface area contributed by atoms with Crippen LogP contribution in [0.4, 0.5) is 0 Å². The Kier molecular flexibility index (Phi) is 3.20. The van der Waals surface area contributed by atoms with E-state index in [1.165, 1.54) is 20.3 Å². The number of ether oxygens (including phenoxy) is 4. The number of epoxide rings is 1. The van der Waals surface area contributed by atoms with Gasteiger partial charge in [-0.2, -0.15) is 0 Å². The average Bonchev–Trinajstić information content (AvgIpc) is 3.17. The second-order valence-electron chi connectivity index (χ2n) is 4.42. The summed E-state index contributed by atoms with van der Waals surface area (Å²) < 4.78 is 21.2. The lowest BCUT2D eigenvalue weighted by Gasteiger charge is -2.09. The van der Waals surface area contributed by atoms with E-state index in [0.717, 1.165) is 5.56 Å². The van der Waals surface area contributed by atoms with E-state index in [1.807, 2.05) is 30.3 Å². The van der Waals surface area contributed by atoms with Crippen LogP contribution in [-0.4, -0.2) is 26.3 Å². The molecule has 0 aliphatic carbocycles. The Morgan fingerprint density at radius 1 is 1.20 bits per heavy atom. The third kappa shape index (κ3) is 2.16. The molecule has 0 saturated carbocycles. The number of hydrogen-bond donors (Lipinski definition) is 0. The Morgan fingerprint density at radius 3 is 2.60 bits per heavy atom. The fourth-order valence-electron chi connectivity index (χ4n) is 2.22. The monoisotopic (exact) mass is 274 g/mol. The zero-order chi connectivity index (χ0) is 14.1. The predicted molar refractivity (Wildman–Crippen MR) is 69.3 cm³/mol. The minimum Gasteiger partial charge on any atom is -0.494 e. The van der Waals surface area contributed by atoms with Gasteiger partial charge in [0.15, 0.2) is 11.5 Å². The molecule has 5 nitrogen and oxygen atoms in total. The summed E-state index contributed by atoms with van der Waals surface area (Å²) in [5.74, 6) is 0.652. The van der Waals surface area contributed by atoms with E-state index in [0.29, 0.717) is 17.3 Å². The number of esters is 1. The van der Waals surface area contributed by atoms with Crippen molar-refractivity contribution in [2.24, 2.45) is 0 Å². The average molecular weight is 274 g/mol. The van der Waals surface area contributed by atoms with Gasteiger partial charge in [0.2, 0.25) is 5.76 Å². The van der Waals surface area contributed by atoms with Crippen LogP contribution in [0.3, 0.4) is 0 Å². The number of benzene rings is 1. The second kappa shape index (κ2) is 5.02. The number of cyclic esters (lactones) is 1. The molecule has 2 heterocycles. The van der Waals surface area contributed by atoms with Gasteiger partial charge in [-0.05, 0) is 5.56 Å². The lowest BCUT2D eigenvalue weighted by molar-refractivity contribution is -0.132. The molecule has 2 aliphatic rings. The molecule has 20 heavy (non-hydrogen) atoms. The first-order valence-corrected chi connectivity index (χ1v) is 6.21. The summed E-state index contributed by atoms with van der Waals surface area (Å²) in [6, 6.07) is 9.81. The third-order valence-electron chi connectivity index (χ3n) is 3.22. The summed E-state index contributed by atoms with van der Waals surface area (Å²) in [6.45, 7) is 0. The molecular weight excluding hydrogens is 260 g/mol. The second-order valence-corrected chi connectivity index (χ2v) is 4.42. The summed E-state index contributed by atoms with van der Waals surface area (Å²) in [4.78, 5) is 11.3. The lowest BCUT2D eigenvalue weighted by atomic mass is 10.1. The molecule has 2 atom stereocenters. The van der Waals surface area contributed by atoms with Gasteiger partial charge in [-0.3, -0.25) is 0 Å². The molecule has 0 N–H and O–H groups in total. The van der Waals surface area contributed by atoms with Crippen molar-refractivity contribution in [1.82, 2.24) is 0 Å². The Labute approximate surface area is 116 Å². The van der Waals surface area contributed by atoms with Crippen LogP contribution < -0.4 is 0 Å². The molecule has 0 aromatic heterocycles. The highest BCUT2D eigenvalue weighted by atomic mass is 16.6. The van der Waals surface area contributed by atoms with E-state index in [9.17, 15) is 4.79 Å². The van der Waals surface area contributed by atoms with Crippen LogP contribution in [0.1, 0.15) is 11.7 Å². The van der Waals surface area contributed by atoms with Gasteiger partial charge in [0.05, 0.1) is 20.3 Å². The summed E-state index contributed by atoms with van der Waals surface area (Å²) in [5, 5.41) is 0. The number of rotatable bonds is 4. The summed E-state index contributed by atoms with van der Waals surface area (Å²) >= 11 is 0. The third-order valence-corrected chi connectivity index (χ3v) is 3.22. The molecule has 3 rings (SSSR count). The fourth-order valence-corrected chi connectivity index (χ4v) is 2.22. The highest BCUT2D eigenvalue weighted by Gasteiger charge is 2.47. The van der Waals surface area contributed by atoms with Crippen molar-refractivity contribution >= 4 is 5.97 Å². The molecule has 2 aliphatic heterocycles. The van der Waals surface area contributed by atoms with Crippen molar-refractivity contribution < 1.29 is 23.7 Å². The van der Waals surface area contributed by atoms with Gasteiger partial charge in [0, 0.05) is 0 Å². The number of carbonyl (C=O) groups excluding carboxylic acids is 1. The largest absolute Gasteiger partial charge is 0.494 e. The van der Waals surface area contributed by atoms with Crippen molar-refractivity contribution in [2.75, 3.05) is 14.2 Å². The van der Waals surface area contributed by atoms with Gasteiger partial charge < -0.3 is 18.9 Å². The minimum atomic E-state index is -0.469. The van der Waals surface area contributed by atoms with Crippen LogP contribution in [0.2, 0.25) is 0 Å². The topological polar surface area (TPSA) is 57.3 Å². The van der Waals surface area contributed by atoms with Gasteiger partial charge in [0.25, 0.3) is 0 Å². The normalized spacial score (nSPS) is 26.7. The molecule has 104 valence electrons. The Morgan fingerprint density at radius 2 is 1.95 bits per heavy atom. The van der Waals surface area contributed by atoms with E-state index in [-0.39, 0.29) is 12.2 Å². The summed E-state index contributed by atoms with van der Waals surface area (Å²) in [6.07, 6.45) is 0.937.